The minimum absolute atomic E-state index is 0. The number of benzene rings is 4. The molecule has 0 aliphatic carbocycles. The Balaban J connectivity index is 0.00000368. The van der Waals surface area contributed by atoms with Crippen molar-refractivity contribution >= 4 is 11.1 Å². The summed E-state index contributed by atoms with van der Waals surface area (Å²) in [5.41, 5.74) is 10.5. The largest absolute Gasteiger partial charge is 0.507 e. The summed E-state index contributed by atoms with van der Waals surface area (Å²) in [7, 11) is 0. The molecule has 1 N–H and O–H groups in total. The number of aromatic hydroxyl groups is 1. The molecule has 220 valence electrons. The van der Waals surface area contributed by atoms with Crippen molar-refractivity contribution in [3.8, 4) is 50.7 Å². The molecule has 0 spiro atoms. The van der Waals surface area contributed by atoms with E-state index in [1.165, 1.54) is 16.7 Å². The van der Waals surface area contributed by atoms with Crippen LogP contribution in [-0.4, -0.2) is 15.1 Å². The van der Waals surface area contributed by atoms with Crippen LogP contribution in [-0.2, 0) is 31.9 Å². The van der Waals surface area contributed by atoms with Gasteiger partial charge in [-0.05, 0) is 57.3 Å². The summed E-state index contributed by atoms with van der Waals surface area (Å²) in [6.07, 6.45) is 1.88. The third-order valence-electron chi connectivity index (χ3n) is 7.67. The molecule has 0 fully saturated rings. The van der Waals surface area contributed by atoms with E-state index in [0.717, 1.165) is 33.5 Å². The van der Waals surface area contributed by atoms with Gasteiger partial charge in [0.05, 0.1) is 11.1 Å². The van der Waals surface area contributed by atoms with E-state index in [2.05, 4.69) is 77.9 Å². The molecule has 4 aromatic carbocycles. The van der Waals surface area contributed by atoms with E-state index in [-0.39, 0.29) is 37.6 Å². The Kier molecular flexibility index (Phi) is 8.20. The Labute approximate surface area is 268 Å². The fraction of sp³-hybridized carbons (Fsp3) is 0.211. The maximum atomic E-state index is 10.3. The predicted molar refractivity (Wildman–Crippen MR) is 171 cm³/mol. The quantitative estimate of drug-likeness (QED) is 0.183. The Bertz CT molecular complexity index is 1890. The van der Waals surface area contributed by atoms with Gasteiger partial charge in [-0.1, -0.05) is 101 Å². The Morgan fingerprint density at radius 2 is 1.33 bits per heavy atom. The normalized spacial score (nSPS) is 11.9. The van der Waals surface area contributed by atoms with Crippen LogP contribution in [0.2, 0.25) is 0 Å². The summed E-state index contributed by atoms with van der Waals surface area (Å²) in [6, 6.07) is 33.8. The van der Waals surface area contributed by atoms with Gasteiger partial charge in [-0.3, -0.25) is 4.98 Å². The number of fused-ring (bicyclic) bond motifs is 1. The third-order valence-corrected chi connectivity index (χ3v) is 7.67. The Morgan fingerprint density at radius 1 is 0.674 bits per heavy atom. The molecule has 43 heavy (non-hydrogen) atoms. The molecule has 0 saturated heterocycles. The van der Waals surface area contributed by atoms with Crippen molar-refractivity contribution in [2.24, 2.45) is 0 Å². The van der Waals surface area contributed by atoms with Gasteiger partial charge in [0.15, 0.2) is 0 Å². The van der Waals surface area contributed by atoms with Crippen molar-refractivity contribution in [1.82, 2.24) is 9.97 Å². The van der Waals surface area contributed by atoms with E-state index in [1.54, 1.807) is 18.2 Å². The van der Waals surface area contributed by atoms with Crippen LogP contribution in [0.3, 0.4) is 0 Å². The van der Waals surface area contributed by atoms with Gasteiger partial charge in [-0.25, -0.2) is 4.98 Å². The minimum atomic E-state index is 0. The molecule has 2 heterocycles. The maximum Gasteiger partial charge on any atom is 0.230 e. The number of para-hydroxylation sites is 2. The molecular weight excluding hydrogens is 712 g/mol. The van der Waals surface area contributed by atoms with E-state index in [0.29, 0.717) is 17.0 Å². The first-order valence-corrected chi connectivity index (χ1v) is 14.3. The minimum Gasteiger partial charge on any atom is -0.507 e. The third kappa shape index (κ3) is 6.21. The summed E-state index contributed by atoms with van der Waals surface area (Å²) in [5, 5.41) is 10.3. The summed E-state index contributed by atoms with van der Waals surface area (Å²) < 4.78 is 6.05. The van der Waals surface area contributed by atoms with Crippen LogP contribution in [0.5, 0.6) is 5.75 Å². The SMILES string of the molecule is CC(C)(C)c1cc(-c2ccnc(-c3[c-]c(-c4cccc5oc(-c6ccccc6O)nc45)ccc3)c2)cc(C(C)(C)C)c1.[Pt]. The standard InChI is InChI=1S/C38H35N2O2.Pt/c1-37(2,3)28-20-27(21-29(23-28)38(4,5)6)24-17-18-39-32(22-24)26-12-9-11-25(19-26)30-14-10-16-34-35(30)40-36(42-34)31-13-7-8-15-33(31)41;/h7-18,20-23,41H,1-6H3;/q-1;. The van der Waals surface area contributed by atoms with Gasteiger partial charge in [0.25, 0.3) is 0 Å². The average Bonchev–Trinajstić information content (AvgIpc) is 3.41. The van der Waals surface area contributed by atoms with E-state index in [4.69, 9.17) is 14.4 Å². The molecule has 0 amide bonds. The maximum absolute atomic E-state index is 10.3. The fourth-order valence-corrected chi connectivity index (χ4v) is 5.13. The van der Waals surface area contributed by atoms with E-state index < -0.39 is 0 Å². The van der Waals surface area contributed by atoms with Gasteiger partial charge in [0.2, 0.25) is 5.89 Å². The zero-order chi connectivity index (χ0) is 29.6. The zero-order valence-corrected chi connectivity index (χ0v) is 27.6. The van der Waals surface area contributed by atoms with Gasteiger partial charge in [-0.2, -0.15) is 0 Å². The molecule has 5 heteroatoms. The van der Waals surface area contributed by atoms with Gasteiger partial charge in [0, 0.05) is 33.0 Å². The number of rotatable bonds is 4. The van der Waals surface area contributed by atoms with Crippen LogP contribution in [0.15, 0.2) is 102 Å². The first kappa shape index (κ1) is 30.4. The summed E-state index contributed by atoms with van der Waals surface area (Å²) >= 11 is 0. The van der Waals surface area contributed by atoms with Gasteiger partial charge < -0.3 is 9.52 Å². The molecule has 6 aromatic rings. The van der Waals surface area contributed by atoms with Crippen molar-refractivity contribution in [2.75, 3.05) is 0 Å². The number of aromatic nitrogens is 2. The number of oxazole rings is 1. The number of hydrogen-bond donors (Lipinski definition) is 1. The smallest absolute Gasteiger partial charge is 0.230 e. The van der Waals surface area contributed by atoms with Crippen LogP contribution in [0, 0.1) is 6.07 Å². The number of hydrogen-bond acceptors (Lipinski definition) is 4. The van der Waals surface area contributed by atoms with Crippen molar-refractivity contribution < 1.29 is 30.6 Å². The number of pyridine rings is 1. The molecule has 0 aliphatic rings. The van der Waals surface area contributed by atoms with Crippen LogP contribution in [0.4, 0.5) is 0 Å². The van der Waals surface area contributed by atoms with Crippen molar-refractivity contribution in [3.63, 3.8) is 0 Å². The molecule has 0 unspecified atom stereocenters. The fourth-order valence-electron chi connectivity index (χ4n) is 5.13. The van der Waals surface area contributed by atoms with Gasteiger partial charge in [0.1, 0.15) is 11.3 Å². The van der Waals surface area contributed by atoms with Gasteiger partial charge >= 0.3 is 0 Å². The molecular formula is C38H35N2O2Pt-. The summed E-state index contributed by atoms with van der Waals surface area (Å²) in [5.74, 6) is 0.515. The van der Waals surface area contributed by atoms with E-state index >= 15 is 0 Å². The second-order valence-electron chi connectivity index (χ2n) is 12.9. The molecule has 6 rings (SSSR count). The average molecular weight is 747 g/mol. The molecule has 0 bridgehead atoms. The van der Waals surface area contributed by atoms with Gasteiger partial charge in [-0.15, -0.1) is 29.8 Å². The number of phenols is 1. The topological polar surface area (TPSA) is 59.2 Å². The summed E-state index contributed by atoms with van der Waals surface area (Å²) in [6.45, 7) is 13.6. The number of phenolic OH excluding ortho intramolecular Hbond substituents is 1. The van der Waals surface area contributed by atoms with Crippen molar-refractivity contribution in [3.05, 3.63) is 114 Å². The number of nitrogens with zero attached hydrogens (tertiary/aromatic N) is 2. The summed E-state index contributed by atoms with van der Waals surface area (Å²) in [4.78, 5) is 9.50. The first-order valence-electron chi connectivity index (χ1n) is 14.3. The van der Waals surface area contributed by atoms with Crippen LogP contribution >= 0.6 is 0 Å². The predicted octanol–water partition coefficient (Wildman–Crippen LogP) is 9.99. The Hall–Kier alpha value is -4.01. The molecule has 0 radical (unpaired) electrons. The van der Waals surface area contributed by atoms with E-state index in [1.807, 2.05) is 48.7 Å². The molecule has 2 aromatic heterocycles. The molecule has 0 saturated carbocycles. The second kappa shape index (κ2) is 11.6. The Morgan fingerprint density at radius 3 is 2.02 bits per heavy atom. The molecule has 4 nitrogen and oxygen atoms in total. The van der Waals surface area contributed by atoms with Crippen LogP contribution in [0.25, 0.3) is 56.1 Å². The second-order valence-corrected chi connectivity index (χ2v) is 12.9. The zero-order valence-electron chi connectivity index (χ0n) is 25.3. The first-order chi connectivity index (χ1) is 20.0. The van der Waals surface area contributed by atoms with Crippen molar-refractivity contribution in [2.45, 2.75) is 52.4 Å². The van der Waals surface area contributed by atoms with Crippen LogP contribution in [0.1, 0.15) is 52.7 Å². The van der Waals surface area contributed by atoms with E-state index in [9.17, 15) is 5.11 Å². The molecule has 0 aliphatic heterocycles. The van der Waals surface area contributed by atoms with Crippen molar-refractivity contribution in [1.29, 1.82) is 0 Å². The molecule has 0 atom stereocenters. The van der Waals surface area contributed by atoms with Crippen LogP contribution < -0.4 is 0 Å². The monoisotopic (exact) mass is 746 g/mol.